The largest absolute Gasteiger partial charge is 0.481 e. The van der Waals surface area contributed by atoms with E-state index in [2.05, 4.69) is 0 Å². The molecule has 0 unspecified atom stereocenters. The molecule has 0 heterocycles. The average molecular weight is 278 g/mol. The SMILES string of the molecule is O=C(O)CCCCC(=O)c1cc(F)c(F)c(F)c1F. The number of halogens is 4. The summed E-state index contributed by atoms with van der Waals surface area (Å²) in [6, 6.07) is 0.299. The molecule has 0 aliphatic carbocycles. The lowest BCUT2D eigenvalue weighted by atomic mass is 10.0. The predicted molar refractivity (Wildman–Crippen MR) is 56.7 cm³/mol. The van der Waals surface area contributed by atoms with E-state index >= 15 is 0 Å². The van der Waals surface area contributed by atoms with Gasteiger partial charge in [0.1, 0.15) is 0 Å². The highest BCUT2D eigenvalue weighted by Gasteiger charge is 2.22. The third-order valence-corrected chi connectivity index (χ3v) is 2.45. The standard InChI is InChI=1S/C12H10F4O3/c13-7-5-6(10(14)12(16)11(7)15)8(17)3-1-2-4-9(18)19/h5H,1-4H2,(H,18,19). The first-order valence-corrected chi connectivity index (χ1v) is 5.42. The van der Waals surface area contributed by atoms with Gasteiger partial charge in [-0.25, -0.2) is 17.6 Å². The van der Waals surface area contributed by atoms with Crippen LogP contribution < -0.4 is 0 Å². The van der Waals surface area contributed by atoms with Crippen LogP contribution in [-0.2, 0) is 4.79 Å². The van der Waals surface area contributed by atoms with Crippen molar-refractivity contribution in [3.8, 4) is 0 Å². The molecule has 0 saturated heterocycles. The lowest BCUT2D eigenvalue weighted by Gasteiger charge is -2.05. The average Bonchev–Trinajstić information content (AvgIpc) is 2.36. The normalized spacial score (nSPS) is 10.5. The second-order valence-electron chi connectivity index (χ2n) is 3.87. The molecule has 7 heteroatoms. The summed E-state index contributed by atoms with van der Waals surface area (Å²) >= 11 is 0. The van der Waals surface area contributed by atoms with Crippen molar-refractivity contribution in [2.24, 2.45) is 0 Å². The predicted octanol–water partition coefficient (Wildman–Crippen LogP) is 3.07. The molecule has 1 rings (SSSR count). The summed E-state index contributed by atoms with van der Waals surface area (Å²) in [4.78, 5) is 21.7. The van der Waals surface area contributed by atoms with Crippen LogP contribution >= 0.6 is 0 Å². The number of hydrogen-bond acceptors (Lipinski definition) is 2. The van der Waals surface area contributed by atoms with E-state index in [1.165, 1.54) is 0 Å². The molecule has 0 aliphatic heterocycles. The van der Waals surface area contributed by atoms with Crippen molar-refractivity contribution in [3.63, 3.8) is 0 Å². The number of rotatable bonds is 6. The highest BCUT2D eigenvalue weighted by molar-refractivity contribution is 5.96. The maximum Gasteiger partial charge on any atom is 0.303 e. The lowest BCUT2D eigenvalue weighted by Crippen LogP contribution is -2.08. The molecular formula is C12H10F4O3. The fourth-order valence-corrected chi connectivity index (χ4v) is 1.47. The summed E-state index contributed by atoms with van der Waals surface area (Å²) in [7, 11) is 0. The van der Waals surface area contributed by atoms with Gasteiger partial charge in [-0.2, -0.15) is 0 Å². The summed E-state index contributed by atoms with van der Waals surface area (Å²) < 4.78 is 51.6. The molecule has 19 heavy (non-hydrogen) atoms. The zero-order valence-electron chi connectivity index (χ0n) is 9.68. The number of Topliss-reactive ketones (excluding diaryl/α,β-unsaturated/α-hetero) is 1. The van der Waals surface area contributed by atoms with Crippen molar-refractivity contribution in [1.29, 1.82) is 0 Å². The van der Waals surface area contributed by atoms with Gasteiger partial charge >= 0.3 is 5.97 Å². The Hall–Kier alpha value is -1.92. The highest BCUT2D eigenvalue weighted by atomic mass is 19.2. The molecule has 0 radical (unpaired) electrons. The van der Waals surface area contributed by atoms with Crippen molar-refractivity contribution in [1.82, 2.24) is 0 Å². The molecule has 0 amide bonds. The molecular weight excluding hydrogens is 268 g/mol. The van der Waals surface area contributed by atoms with Crippen LogP contribution in [0.4, 0.5) is 17.6 Å². The van der Waals surface area contributed by atoms with E-state index in [1.807, 2.05) is 0 Å². The van der Waals surface area contributed by atoms with Gasteiger partial charge in [-0.1, -0.05) is 0 Å². The topological polar surface area (TPSA) is 54.4 Å². The summed E-state index contributed by atoms with van der Waals surface area (Å²) in [6.45, 7) is 0. The molecule has 0 fully saturated rings. The van der Waals surface area contributed by atoms with E-state index in [9.17, 15) is 27.2 Å². The third-order valence-electron chi connectivity index (χ3n) is 2.45. The fourth-order valence-electron chi connectivity index (χ4n) is 1.47. The van der Waals surface area contributed by atoms with Crippen LogP contribution in [0.5, 0.6) is 0 Å². The zero-order valence-corrected chi connectivity index (χ0v) is 9.68. The van der Waals surface area contributed by atoms with Crippen molar-refractivity contribution < 1.29 is 32.3 Å². The number of ketones is 1. The van der Waals surface area contributed by atoms with Crippen molar-refractivity contribution in [3.05, 3.63) is 34.9 Å². The second-order valence-corrected chi connectivity index (χ2v) is 3.87. The number of hydrogen-bond donors (Lipinski definition) is 1. The third kappa shape index (κ3) is 3.77. The Morgan fingerprint density at radius 3 is 2.11 bits per heavy atom. The maximum atomic E-state index is 13.2. The molecule has 0 atom stereocenters. The van der Waals surface area contributed by atoms with Crippen molar-refractivity contribution in [2.45, 2.75) is 25.7 Å². The molecule has 3 nitrogen and oxygen atoms in total. The van der Waals surface area contributed by atoms with Crippen LogP contribution in [-0.4, -0.2) is 16.9 Å². The molecule has 0 saturated carbocycles. The number of carboxylic acid groups (broad SMARTS) is 1. The number of carbonyl (C=O) groups is 2. The number of benzene rings is 1. The van der Waals surface area contributed by atoms with E-state index in [0.29, 0.717) is 6.07 Å². The molecule has 0 aliphatic rings. The first-order valence-electron chi connectivity index (χ1n) is 5.42. The van der Waals surface area contributed by atoms with Crippen LogP contribution in [0.25, 0.3) is 0 Å². The number of unbranched alkanes of at least 4 members (excludes halogenated alkanes) is 1. The summed E-state index contributed by atoms with van der Waals surface area (Å²) in [5.74, 6) is -9.33. The first-order chi connectivity index (χ1) is 8.84. The number of carboxylic acids is 1. The minimum atomic E-state index is -2.03. The Kier molecular flexibility index (Phi) is 5.02. The Balaban J connectivity index is 2.75. The number of aliphatic carboxylic acids is 1. The minimum Gasteiger partial charge on any atom is -0.481 e. The highest BCUT2D eigenvalue weighted by Crippen LogP contribution is 2.20. The lowest BCUT2D eigenvalue weighted by molar-refractivity contribution is -0.137. The second kappa shape index (κ2) is 6.31. The molecule has 1 aromatic rings. The molecule has 1 aromatic carbocycles. The van der Waals surface area contributed by atoms with E-state index in [0.717, 1.165) is 0 Å². The Morgan fingerprint density at radius 2 is 1.53 bits per heavy atom. The summed E-state index contributed by atoms with van der Waals surface area (Å²) in [5, 5.41) is 8.36. The van der Waals surface area contributed by atoms with Gasteiger partial charge in [-0.15, -0.1) is 0 Å². The van der Waals surface area contributed by atoms with Crippen molar-refractivity contribution >= 4 is 11.8 Å². The zero-order chi connectivity index (χ0) is 14.6. The summed E-state index contributed by atoms with van der Waals surface area (Å²) in [5.41, 5.74) is -0.869. The van der Waals surface area contributed by atoms with E-state index in [4.69, 9.17) is 5.11 Å². The van der Waals surface area contributed by atoms with Gasteiger partial charge in [-0.3, -0.25) is 9.59 Å². The van der Waals surface area contributed by atoms with E-state index in [-0.39, 0.29) is 25.7 Å². The fraction of sp³-hybridized carbons (Fsp3) is 0.333. The molecule has 0 bridgehead atoms. The molecule has 104 valence electrons. The van der Waals surface area contributed by atoms with Gasteiger partial charge in [0.2, 0.25) is 0 Å². The van der Waals surface area contributed by atoms with Gasteiger partial charge in [0.15, 0.2) is 29.1 Å². The van der Waals surface area contributed by atoms with Crippen molar-refractivity contribution in [2.75, 3.05) is 0 Å². The van der Waals surface area contributed by atoms with Crippen LogP contribution in [0, 0.1) is 23.3 Å². The summed E-state index contributed by atoms with van der Waals surface area (Å²) in [6.07, 6.45) is -0.128. The quantitative estimate of drug-likeness (QED) is 0.286. The molecule has 0 spiro atoms. The van der Waals surface area contributed by atoms with Gasteiger partial charge in [-0.05, 0) is 18.9 Å². The smallest absolute Gasteiger partial charge is 0.303 e. The maximum absolute atomic E-state index is 13.2. The molecule has 0 aromatic heterocycles. The van der Waals surface area contributed by atoms with Gasteiger partial charge in [0, 0.05) is 12.8 Å². The van der Waals surface area contributed by atoms with Gasteiger partial charge < -0.3 is 5.11 Å². The van der Waals surface area contributed by atoms with Crippen LogP contribution in [0.1, 0.15) is 36.0 Å². The Bertz CT molecular complexity index is 514. The Labute approximate surface area is 105 Å². The minimum absolute atomic E-state index is 0.130. The van der Waals surface area contributed by atoms with Gasteiger partial charge in [0.25, 0.3) is 0 Å². The Morgan fingerprint density at radius 1 is 0.947 bits per heavy atom. The number of carbonyl (C=O) groups excluding carboxylic acids is 1. The monoisotopic (exact) mass is 278 g/mol. The van der Waals surface area contributed by atoms with Crippen LogP contribution in [0.15, 0.2) is 6.07 Å². The van der Waals surface area contributed by atoms with Crippen LogP contribution in [0.2, 0.25) is 0 Å². The first kappa shape index (κ1) is 15.1. The van der Waals surface area contributed by atoms with E-state index in [1.54, 1.807) is 0 Å². The molecule has 1 N–H and O–H groups in total. The van der Waals surface area contributed by atoms with Crippen LogP contribution in [0.3, 0.4) is 0 Å². The van der Waals surface area contributed by atoms with E-state index < -0.39 is 40.6 Å². The van der Waals surface area contributed by atoms with Gasteiger partial charge in [0.05, 0.1) is 5.56 Å².